The average molecular weight is 377 g/mol. The minimum atomic E-state index is -0.129. The molecule has 108 valence electrons. The van der Waals surface area contributed by atoms with Gasteiger partial charge in [0.1, 0.15) is 0 Å². The minimum absolute atomic E-state index is 0.129. The third-order valence-corrected chi connectivity index (χ3v) is 4.40. The molecule has 1 heterocycles. The van der Waals surface area contributed by atoms with Gasteiger partial charge in [-0.25, -0.2) is 0 Å². The Morgan fingerprint density at radius 2 is 1.85 bits per heavy atom. The van der Waals surface area contributed by atoms with Crippen LogP contribution in [-0.2, 0) is 0 Å². The molecule has 0 radical (unpaired) electrons. The highest BCUT2D eigenvalue weighted by atomic mass is 79.9. The van der Waals surface area contributed by atoms with E-state index in [1.54, 1.807) is 6.20 Å². The van der Waals surface area contributed by atoms with Crippen LogP contribution in [0.3, 0.4) is 0 Å². The van der Waals surface area contributed by atoms with Crippen LogP contribution in [0.1, 0.15) is 37.2 Å². The number of hydrogen-bond donors (Lipinski definition) is 1. The van der Waals surface area contributed by atoms with Gasteiger partial charge in [0.2, 0.25) is 0 Å². The zero-order valence-corrected chi connectivity index (χ0v) is 14.6. The van der Waals surface area contributed by atoms with E-state index >= 15 is 0 Å². The van der Waals surface area contributed by atoms with Crippen molar-refractivity contribution in [2.24, 2.45) is 0 Å². The molecule has 20 heavy (non-hydrogen) atoms. The third kappa shape index (κ3) is 2.89. The molecule has 0 saturated heterocycles. The van der Waals surface area contributed by atoms with E-state index in [0.717, 1.165) is 15.7 Å². The summed E-state index contributed by atoms with van der Waals surface area (Å²) in [5, 5.41) is 8.97. The Balaban J connectivity index is 2.62. The number of aromatic nitrogens is 2. The van der Waals surface area contributed by atoms with Crippen LogP contribution in [0.4, 0.5) is 0 Å². The molecule has 0 aliphatic carbocycles. The lowest BCUT2D eigenvalue weighted by Crippen LogP contribution is -2.23. The first-order valence-corrected chi connectivity index (χ1v) is 7.86. The van der Waals surface area contributed by atoms with Gasteiger partial charge in [-0.1, -0.05) is 29.3 Å². The largest absolute Gasteiger partial charge is 0.308 e. The van der Waals surface area contributed by atoms with E-state index in [1.165, 1.54) is 0 Å². The lowest BCUT2D eigenvalue weighted by atomic mass is 10.0. The summed E-state index contributed by atoms with van der Waals surface area (Å²) in [6.45, 7) is 4.17. The average Bonchev–Trinajstić information content (AvgIpc) is 2.76. The summed E-state index contributed by atoms with van der Waals surface area (Å²) in [6, 6.07) is 5.65. The molecule has 6 heteroatoms. The summed E-state index contributed by atoms with van der Waals surface area (Å²) in [4.78, 5) is 0. The number of nitrogens with zero attached hydrogens (tertiary/aromatic N) is 2. The van der Waals surface area contributed by atoms with Gasteiger partial charge < -0.3 is 5.32 Å². The Labute approximate surface area is 137 Å². The van der Waals surface area contributed by atoms with Crippen molar-refractivity contribution >= 4 is 39.1 Å². The summed E-state index contributed by atoms with van der Waals surface area (Å²) in [5.41, 5.74) is 1.87. The fraction of sp³-hybridized carbons (Fsp3) is 0.357. The number of halogens is 3. The van der Waals surface area contributed by atoms with Crippen LogP contribution in [0.15, 0.2) is 28.9 Å². The zero-order chi connectivity index (χ0) is 14.9. The van der Waals surface area contributed by atoms with Gasteiger partial charge in [0.05, 0.1) is 22.4 Å². The fourth-order valence-corrected chi connectivity index (χ4v) is 3.35. The van der Waals surface area contributed by atoms with Crippen molar-refractivity contribution in [2.75, 3.05) is 7.05 Å². The van der Waals surface area contributed by atoms with E-state index in [-0.39, 0.29) is 12.1 Å². The van der Waals surface area contributed by atoms with Gasteiger partial charge in [-0.3, -0.25) is 4.68 Å². The number of hydrogen-bond acceptors (Lipinski definition) is 2. The topological polar surface area (TPSA) is 29.9 Å². The quantitative estimate of drug-likeness (QED) is 0.827. The maximum absolute atomic E-state index is 6.33. The molecule has 0 aliphatic rings. The van der Waals surface area contributed by atoms with E-state index in [9.17, 15) is 0 Å². The van der Waals surface area contributed by atoms with Crippen LogP contribution < -0.4 is 5.32 Å². The summed E-state index contributed by atoms with van der Waals surface area (Å²) < 4.78 is 2.90. The summed E-state index contributed by atoms with van der Waals surface area (Å²) in [7, 11) is 1.88. The molecule has 2 aromatic rings. The number of rotatable bonds is 4. The fourth-order valence-electron chi connectivity index (χ4n) is 2.24. The highest BCUT2D eigenvalue weighted by molar-refractivity contribution is 9.10. The predicted octanol–water partition coefficient (Wildman–Crippen LogP) is 4.84. The Morgan fingerprint density at radius 1 is 1.25 bits per heavy atom. The van der Waals surface area contributed by atoms with E-state index in [1.807, 2.05) is 29.9 Å². The summed E-state index contributed by atoms with van der Waals surface area (Å²) in [6.07, 6.45) is 1.80. The summed E-state index contributed by atoms with van der Waals surface area (Å²) in [5.74, 6) is 0. The minimum Gasteiger partial charge on any atom is -0.308 e. The normalized spacial score (nSPS) is 12.9. The SMILES string of the molecule is CNC(c1c(Cl)cccc1Cl)c1c(Br)cnn1C(C)C. The molecule has 1 N–H and O–H groups in total. The van der Waals surface area contributed by atoms with E-state index in [4.69, 9.17) is 23.2 Å². The van der Waals surface area contributed by atoms with Crippen LogP contribution in [0, 0.1) is 0 Å². The van der Waals surface area contributed by atoms with Crippen molar-refractivity contribution in [1.29, 1.82) is 0 Å². The second kappa shape index (κ2) is 6.48. The Kier molecular flexibility index (Phi) is 5.13. The van der Waals surface area contributed by atoms with Gasteiger partial charge in [-0.15, -0.1) is 0 Å². The maximum Gasteiger partial charge on any atom is 0.0786 e. The molecule has 1 aromatic heterocycles. The molecular weight excluding hydrogens is 361 g/mol. The lowest BCUT2D eigenvalue weighted by Gasteiger charge is -2.23. The second-order valence-electron chi connectivity index (χ2n) is 4.77. The van der Waals surface area contributed by atoms with Crippen molar-refractivity contribution in [1.82, 2.24) is 15.1 Å². The third-order valence-electron chi connectivity index (χ3n) is 3.13. The van der Waals surface area contributed by atoms with Gasteiger partial charge in [0.25, 0.3) is 0 Å². The van der Waals surface area contributed by atoms with Crippen molar-refractivity contribution in [3.05, 3.63) is 50.2 Å². The van der Waals surface area contributed by atoms with Gasteiger partial charge in [0.15, 0.2) is 0 Å². The molecule has 1 aromatic carbocycles. The van der Waals surface area contributed by atoms with Crippen molar-refractivity contribution in [2.45, 2.75) is 25.9 Å². The predicted molar refractivity (Wildman–Crippen MR) is 87.7 cm³/mol. The molecule has 1 atom stereocenters. The Hall–Kier alpha value is -0.550. The van der Waals surface area contributed by atoms with Crippen LogP contribution in [0.5, 0.6) is 0 Å². The van der Waals surface area contributed by atoms with Crippen LogP contribution in [0.2, 0.25) is 10.0 Å². The smallest absolute Gasteiger partial charge is 0.0786 e. The molecule has 2 rings (SSSR count). The van der Waals surface area contributed by atoms with Crippen molar-refractivity contribution in [3.63, 3.8) is 0 Å². The molecule has 0 aliphatic heterocycles. The first-order valence-electron chi connectivity index (χ1n) is 6.31. The Bertz CT molecular complexity index is 590. The van der Waals surface area contributed by atoms with Gasteiger partial charge >= 0.3 is 0 Å². The second-order valence-corrected chi connectivity index (χ2v) is 6.44. The molecule has 1 unspecified atom stereocenters. The number of benzene rings is 1. The van der Waals surface area contributed by atoms with Crippen LogP contribution in [-0.4, -0.2) is 16.8 Å². The van der Waals surface area contributed by atoms with Gasteiger partial charge in [-0.05, 0) is 49.0 Å². The van der Waals surface area contributed by atoms with Gasteiger partial charge in [-0.2, -0.15) is 5.10 Å². The molecular formula is C14H16BrCl2N3. The van der Waals surface area contributed by atoms with E-state index < -0.39 is 0 Å². The van der Waals surface area contributed by atoms with Crippen molar-refractivity contribution < 1.29 is 0 Å². The zero-order valence-electron chi connectivity index (χ0n) is 11.5. The maximum atomic E-state index is 6.33. The number of nitrogens with one attached hydrogen (secondary N) is 1. The monoisotopic (exact) mass is 375 g/mol. The van der Waals surface area contributed by atoms with Gasteiger partial charge in [0, 0.05) is 21.7 Å². The highest BCUT2D eigenvalue weighted by Crippen LogP contribution is 2.37. The molecule has 0 spiro atoms. The standard InChI is InChI=1S/C14H16BrCl2N3/c1-8(2)20-14(9(15)7-19-20)13(18-3)12-10(16)5-4-6-11(12)17/h4-8,13,18H,1-3H3. The molecule has 0 fully saturated rings. The lowest BCUT2D eigenvalue weighted by molar-refractivity contribution is 0.483. The van der Waals surface area contributed by atoms with Crippen molar-refractivity contribution in [3.8, 4) is 0 Å². The van der Waals surface area contributed by atoms with Crippen LogP contribution >= 0.6 is 39.1 Å². The highest BCUT2D eigenvalue weighted by Gasteiger charge is 2.25. The summed E-state index contributed by atoms with van der Waals surface area (Å²) >= 11 is 16.2. The molecule has 0 saturated carbocycles. The first kappa shape index (κ1) is 15.8. The Morgan fingerprint density at radius 3 is 2.35 bits per heavy atom. The molecule has 0 bridgehead atoms. The molecule has 0 amide bonds. The van der Waals surface area contributed by atoms with E-state index in [0.29, 0.717) is 10.0 Å². The van der Waals surface area contributed by atoms with Crippen LogP contribution in [0.25, 0.3) is 0 Å². The van der Waals surface area contributed by atoms with E-state index in [2.05, 4.69) is 40.2 Å². The first-order chi connectivity index (χ1) is 9.47. The molecule has 3 nitrogen and oxygen atoms in total.